The van der Waals surface area contributed by atoms with Gasteiger partial charge in [0.25, 0.3) is 5.91 Å². The lowest BCUT2D eigenvalue weighted by atomic mass is 9.54. The zero-order valence-corrected chi connectivity index (χ0v) is 23.3. The van der Waals surface area contributed by atoms with Crippen molar-refractivity contribution in [2.24, 2.45) is 10.8 Å². The first kappa shape index (κ1) is 28.9. The first-order chi connectivity index (χ1) is 18.7. The quantitative estimate of drug-likeness (QED) is 0.365. The number of Topliss-reactive ketones (excluding diaryl/α,β-unsaturated/α-hetero) is 1. The van der Waals surface area contributed by atoms with Gasteiger partial charge >= 0.3 is 12.1 Å². The zero-order valence-electron chi connectivity index (χ0n) is 21.8. The van der Waals surface area contributed by atoms with Crippen LogP contribution in [0, 0.1) is 10.8 Å². The summed E-state index contributed by atoms with van der Waals surface area (Å²) in [4.78, 5) is 43.8. The van der Waals surface area contributed by atoms with Gasteiger partial charge in [0.05, 0.1) is 45.4 Å². The van der Waals surface area contributed by atoms with Crippen molar-refractivity contribution in [3.05, 3.63) is 45.5 Å². The van der Waals surface area contributed by atoms with Crippen LogP contribution < -0.4 is 0 Å². The molecule has 3 aliphatic carbocycles. The molecule has 40 heavy (non-hydrogen) atoms. The second-order valence-corrected chi connectivity index (χ2v) is 12.5. The Balaban J connectivity index is 1.46. The number of hydrogen-bond donors (Lipinski definition) is 1. The zero-order chi connectivity index (χ0) is 29.0. The van der Waals surface area contributed by atoms with Gasteiger partial charge in [0.2, 0.25) is 0 Å². The summed E-state index contributed by atoms with van der Waals surface area (Å²) in [5.41, 5.74) is -2.79. The molecule has 0 saturated heterocycles. The SMILES string of the molecule is CC1(C(=O)O)CCC(n2ncc(C(=O)N(CC(=O)c3c(Cl)cncc3Cl)C3CC4(CCC4)C3)c2C(F)(F)F)CC1. The highest BCUT2D eigenvalue weighted by Crippen LogP contribution is 2.57. The van der Waals surface area contributed by atoms with Crippen molar-refractivity contribution in [3.63, 3.8) is 0 Å². The van der Waals surface area contributed by atoms with E-state index in [0.717, 1.165) is 30.1 Å². The molecule has 0 unspecified atom stereocenters. The number of pyridine rings is 1. The van der Waals surface area contributed by atoms with Gasteiger partial charge in [-0.15, -0.1) is 0 Å². The van der Waals surface area contributed by atoms with Crippen LogP contribution in [-0.4, -0.2) is 55.0 Å². The minimum Gasteiger partial charge on any atom is -0.481 e. The largest absolute Gasteiger partial charge is 0.481 e. The Morgan fingerprint density at radius 1 is 1.07 bits per heavy atom. The minimum atomic E-state index is -4.91. The number of carboxylic acids is 1. The number of nitrogens with zero attached hydrogens (tertiary/aromatic N) is 4. The third-order valence-electron chi connectivity index (χ3n) is 9.11. The molecule has 8 nitrogen and oxygen atoms in total. The van der Waals surface area contributed by atoms with Gasteiger partial charge in [0.15, 0.2) is 11.5 Å². The van der Waals surface area contributed by atoms with Crippen LogP contribution >= 0.6 is 23.2 Å². The highest BCUT2D eigenvalue weighted by atomic mass is 35.5. The maximum atomic E-state index is 14.5. The Bertz CT molecular complexity index is 1320. The van der Waals surface area contributed by atoms with Gasteiger partial charge < -0.3 is 10.0 Å². The van der Waals surface area contributed by atoms with Gasteiger partial charge in [0.1, 0.15) is 0 Å². The van der Waals surface area contributed by atoms with Crippen LogP contribution in [0.1, 0.15) is 97.2 Å². The molecule has 2 aromatic rings. The maximum Gasteiger partial charge on any atom is 0.433 e. The number of amides is 1. The molecule has 3 saturated carbocycles. The Morgan fingerprint density at radius 3 is 2.17 bits per heavy atom. The monoisotopic (exact) mass is 600 g/mol. The van der Waals surface area contributed by atoms with Crippen LogP contribution in [-0.2, 0) is 11.0 Å². The standard InChI is InChI=1S/C27H29Cl2F3N4O4/c1-25(24(39)40)7-3-15(4-8-25)36-22(27(30,31)32)17(11-34-36)23(38)35(16-9-26(10-16)5-2-6-26)14-20(37)21-18(28)12-33-13-19(21)29/h11-13,15-16H,2-10,14H2,1H3,(H,39,40). The Kier molecular flexibility index (Phi) is 7.44. The molecule has 1 N–H and O–H groups in total. The Hall–Kier alpha value is -2.66. The van der Waals surface area contributed by atoms with Gasteiger partial charge in [-0.1, -0.05) is 29.6 Å². The van der Waals surface area contributed by atoms with E-state index in [9.17, 15) is 32.7 Å². The van der Waals surface area contributed by atoms with Gasteiger partial charge in [-0.2, -0.15) is 18.3 Å². The molecule has 0 atom stereocenters. The fourth-order valence-corrected chi connectivity index (χ4v) is 7.03. The summed E-state index contributed by atoms with van der Waals surface area (Å²) in [5, 5.41) is 13.5. The molecule has 1 amide bonds. The van der Waals surface area contributed by atoms with E-state index in [4.69, 9.17) is 23.2 Å². The van der Waals surface area contributed by atoms with Gasteiger partial charge in [0, 0.05) is 18.4 Å². The lowest BCUT2D eigenvalue weighted by Gasteiger charge is -2.57. The molecule has 2 heterocycles. The molecule has 0 radical (unpaired) electrons. The van der Waals surface area contributed by atoms with Crippen LogP contribution in [0.5, 0.6) is 0 Å². The molecule has 3 fully saturated rings. The summed E-state index contributed by atoms with van der Waals surface area (Å²) in [6.07, 6.45) is 3.47. The number of hydrogen-bond acceptors (Lipinski definition) is 5. The van der Waals surface area contributed by atoms with E-state index < -0.39 is 59.1 Å². The third-order valence-corrected chi connectivity index (χ3v) is 9.69. The predicted octanol–water partition coefficient (Wildman–Crippen LogP) is 6.47. The highest BCUT2D eigenvalue weighted by Gasteiger charge is 2.52. The molecule has 3 aliphatic rings. The third kappa shape index (κ3) is 5.11. The molecule has 0 bridgehead atoms. The number of carboxylic acid groups (broad SMARTS) is 1. The van der Waals surface area contributed by atoms with E-state index in [0.29, 0.717) is 12.8 Å². The summed E-state index contributed by atoms with van der Waals surface area (Å²) in [5.74, 6) is -2.52. The summed E-state index contributed by atoms with van der Waals surface area (Å²) in [6.45, 7) is 1.09. The van der Waals surface area contributed by atoms with Crippen LogP contribution in [0.15, 0.2) is 18.6 Å². The predicted molar refractivity (Wildman–Crippen MR) is 139 cm³/mol. The Labute approximate surface area is 238 Å². The number of rotatable bonds is 7. The first-order valence-electron chi connectivity index (χ1n) is 13.3. The van der Waals surface area contributed by atoms with Crippen LogP contribution in [0.25, 0.3) is 0 Å². The molecule has 5 rings (SSSR count). The molecule has 0 aromatic carbocycles. The van der Waals surface area contributed by atoms with Crippen molar-refractivity contribution in [2.75, 3.05) is 6.54 Å². The normalized spacial score (nSPS) is 24.3. The first-order valence-corrected chi connectivity index (χ1v) is 14.0. The summed E-state index contributed by atoms with van der Waals surface area (Å²) >= 11 is 12.3. The van der Waals surface area contributed by atoms with E-state index in [1.54, 1.807) is 6.92 Å². The molecule has 13 heteroatoms. The van der Waals surface area contributed by atoms with Crippen LogP contribution in [0.4, 0.5) is 13.2 Å². The lowest BCUT2D eigenvalue weighted by molar-refractivity contribution is -0.152. The van der Waals surface area contributed by atoms with Gasteiger partial charge in [-0.05, 0) is 63.7 Å². The number of halogens is 5. The smallest absolute Gasteiger partial charge is 0.433 e. The van der Waals surface area contributed by atoms with Crippen LogP contribution in [0.2, 0.25) is 10.0 Å². The fraction of sp³-hybridized carbons (Fsp3) is 0.593. The second kappa shape index (κ2) is 10.3. The molecular weight excluding hydrogens is 572 g/mol. The van der Waals surface area contributed by atoms with Crippen molar-refractivity contribution in [3.8, 4) is 0 Å². The lowest BCUT2D eigenvalue weighted by Crippen LogP contribution is -2.56. The molecule has 1 spiro atoms. The average Bonchev–Trinajstić information content (AvgIpc) is 3.27. The van der Waals surface area contributed by atoms with Crippen molar-refractivity contribution >= 4 is 40.9 Å². The van der Waals surface area contributed by atoms with Crippen molar-refractivity contribution in [1.29, 1.82) is 0 Å². The summed E-state index contributed by atoms with van der Waals surface area (Å²) < 4.78 is 44.3. The van der Waals surface area contributed by atoms with Gasteiger partial charge in [-0.25, -0.2) is 0 Å². The van der Waals surface area contributed by atoms with Gasteiger partial charge in [-0.3, -0.25) is 24.0 Å². The number of carbonyl (C=O) groups is 3. The van der Waals surface area contributed by atoms with Crippen molar-refractivity contribution in [1.82, 2.24) is 19.7 Å². The highest BCUT2D eigenvalue weighted by molar-refractivity contribution is 6.39. The van der Waals surface area contributed by atoms with E-state index >= 15 is 0 Å². The number of aromatic nitrogens is 3. The molecular formula is C27H29Cl2F3N4O4. The van der Waals surface area contributed by atoms with E-state index in [1.165, 1.54) is 17.3 Å². The van der Waals surface area contributed by atoms with Crippen molar-refractivity contribution in [2.45, 2.75) is 83.0 Å². The number of ketones is 1. The fourth-order valence-electron chi connectivity index (χ4n) is 6.45. The topological polar surface area (TPSA) is 105 Å². The molecule has 0 aliphatic heterocycles. The number of aliphatic carboxylic acids is 1. The van der Waals surface area contributed by atoms with E-state index in [2.05, 4.69) is 10.1 Å². The molecule has 2 aromatic heterocycles. The second-order valence-electron chi connectivity index (χ2n) is 11.7. The average molecular weight is 601 g/mol. The van der Waals surface area contributed by atoms with E-state index in [-0.39, 0.29) is 46.7 Å². The summed E-state index contributed by atoms with van der Waals surface area (Å²) in [6, 6.07) is -1.12. The maximum absolute atomic E-state index is 14.5. The number of carbonyl (C=O) groups excluding carboxylic acids is 2. The van der Waals surface area contributed by atoms with Crippen molar-refractivity contribution < 1.29 is 32.7 Å². The minimum absolute atomic E-state index is 0.0107. The Morgan fingerprint density at radius 2 is 1.68 bits per heavy atom. The molecule has 216 valence electrons. The number of alkyl halides is 3. The van der Waals surface area contributed by atoms with Crippen LogP contribution in [0.3, 0.4) is 0 Å². The summed E-state index contributed by atoms with van der Waals surface area (Å²) in [7, 11) is 0. The van der Waals surface area contributed by atoms with E-state index in [1.807, 2.05) is 0 Å².